The van der Waals surface area contributed by atoms with Gasteiger partial charge in [0.05, 0.1) is 12.0 Å². The van der Waals surface area contributed by atoms with Crippen molar-refractivity contribution in [3.05, 3.63) is 54.1 Å². The highest BCUT2D eigenvalue weighted by atomic mass is 16.1. The van der Waals surface area contributed by atoms with E-state index in [0.717, 1.165) is 11.3 Å². The number of carbonyl (C=O) groups excluding carboxylic acids is 1. The largest absolute Gasteiger partial charge is 0.320 e. The average molecular weight is 228 g/mol. The number of carbonyl (C=O) groups is 1. The fraction of sp³-hybridized carbons (Fsp3) is 0.286. The van der Waals surface area contributed by atoms with Gasteiger partial charge in [0.25, 0.3) is 0 Å². The maximum Gasteiger partial charge on any atom is 0.159 e. The third-order valence-corrected chi connectivity index (χ3v) is 3.25. The van der Waals surface area contributed by atoms with Crippen LogP contribution in [0.3, 0.4) is 0 Å². The molecule has 0 aliphatic rings. The third kappa shape index (κ3) is 1.88. The van der Waals surface area contributed by atoms with Crippen LogP contribution in [0.2, 0.25) is 0 Å². The van der Waals surface area contributed by atoms with E-state index in [-0.39, 0.29) is 5.78 Å². The second kappa shape index (κ2) is 4.17. The SMILES string of the molecule is CC(=O)C(C)(c1ccccc1)n1cnc(C)c1. The van der Waals surface area contributed by atoms with Crippen molar-refractivity contribution >= 4 is 5.78 Å². The number of aromatic nitrogens is 2. The van der Waals surface area contributed by atoms with Crippen molar-refractivity contribution in [2.75, 3.05) is 0 Å². The van der Waals surface area contributed by atoms with E-state index in [2.05, 4.69) is 4.98 Å². The summed E-state index contributed by atoms with van der Waals surface area (Å²) in [6.45, 7) is 5.45. The van der Waals surface area contributed by atoms with E-state index in [0.29, 0.717) is 0 Å². The molecule has 3 heteroatoms. The van der Waals surface area contributed by atoms with Gasteiger partial charge >= 0.3 is 0 Å². The first kappa shape index (κ1) is 11.6. The maximum atomic E-state index is 12.0. The molecule has 0 aliphatic heterocycles. The Morgan fingerprint density at radius 3 is 2.41 bits per heavy atom. The number of hydrogen-bond acceptors (Lipinski definition) is 2. The second-order valence-corrected chi connectivity index (χ2v) is 4.42. The fourth-order valence-electron chi connectivity index (χ4n) is 1.96. The van der Waals surface area contributed by atoms with Crippen LogP contribution in [0.15, 0.2) is 42.9 Å². The fourth-order valence-corrected chi connectivity index (χ4v) is 1.96. The van der Waals surface area contributed by atoms with E-state index >= 15 is 0 Å². The predicted octanol–water partition coefficient (Wildman–Crippen LogP) is 2.54. The van der Waals surface area contributed by atoms with Crippen LogP contribution in [0.5, 0.6) is 0 Å². The Hall–Kier alpha value is -1.90. The molecular formula is C14H16N2O. The van der Waals surface area contributed by atoms with Gasteiger partial charge in [-0.3, -0.25) is 4.79 Å². The number of hydrogen-bond donors (Lipinski definition) is 0. The topological polar surface area (TPSA) is 34.9 Å². The Morgan fingerprint density at radius 2 is 1.94 bits per heavy atom. The molecule has 1 heterocycles. The van der Waals surface area contributed by atoms with Crippen molar-refractivity contribution in [2.45, 2.75) is 26.3 Å². The van der Waals surface area contributed by atoms with Crippen LogP contribution < -0.4 is 0 Å². The summed E-state index contributed by atoms with van der Waals surface area (Å²) < 4.78 is 1.88. The minimum Gasteiger partial charge on any atom is -0.320 e. The number of benzene rings is 1. The summed E-state index contributed by atoms with van der Waals surface area (Å²) >= 11 is 0. The molecule has 1 atom stereocenters. The number of ketones is 1. The van der Waals surface area contributed by atoms with Gasteiger partial charge in [-0.1, -0.05) is 30.3 Å². The number of Topliss-reactive ketones (excluding diaryl/α,β-unsaturated/α-hetero) is 1. The molecule has 17 heavy (non-hydrogen) atoms. The molecule has 88 valence electrons. The normalized spacial score (nSPS) is 14.3. The number of imidazole rings is 1. The lowest BCUT2D eigenvalue weighted by molar-refractivity contribution is -0.122. The van der Waals surface area contributed by atoms with Gasteiger partial charge in [-0.05, 0) is 26.3 Å². The molecule has 0 fully saturated rings. The first-order valence-corrected chi connectivity index (χ1v) is 5.63. The van der Waals surface area contributed by atoms with Crippen LogP contribution in [0.25, 0.3) is 0 Å². The summed E-state index contributed by atoms with van der Waals surface area (Å²) in [6, 6.07) is 9.78. The molecule has 2 rings (SSSR count). The highest BCUT2D eigenvalue weighted by Crippen LogP contribution is 2.27. The summed E-state index contributed by atoms with van der Waals surface area (Å²) in [6.07, 6.45) is 3.61. The lowest BCUT2D eigenvalue weighted by atomic mass is 9.88. The Bertz CT molecular complexity index is 530. The quantitative estimate of drug-likeness (QED) is 0.809. The van der Waals surface area contributed by atoms with Crippen molar-refractivity contribution in [1.82, 2.24) is 9.55 Å². The average Bonchev–Trinajstić information content (AvgIpc) is 2.76. The minimum atomic E-state index is -0.678. The van der Waals surface area contributed by atoms with Crippen LogP contribution in [0.1, 0.15) is 25.1 Å². The summed E-state index contributed by atoms with van der Waals surface area (Å²) in [7, 11) is 0. The summed E-state index contributed by atoms with van der Waals surface area (Å²) in [4.78, 5) is 16.2. The lowest BCUT2D eigenvalue weighted by Crippen LogP contribution is -2.37. The highest BCUT2D eigenvalue weighted by Gasteiger charge is 2.33. The molecule has 0 spiro atoms. The van der Waals surface area contributed by atoms with Gasteiger partial charge in [0.1, 0.15) is 5.54 Å². The van der Waals surface area contributed by atoms with Crippen molar-refractivity contribution in [2.24, 2.45) is 0 Å². The van der Waals surface area contributed by atoms with E-state index in [4.69, 9.17) is 0 Å². The molecule has 0 saturated carbocycles. The number of rotatable bonds is 3. The molecule has 1 aromatic carbocycles. The van der Waals surface area contributed by atoms with Crippen molar-refractivity contribution in [3.8, 4) is 0 Å². The van der Waals surface area contributed by atoms with Gasteiger partial charge in [0.2, 0.25) is 0 Å². The zero-order valence-corrected chi connectivity index (χ0v) is 10.3. The molecule has 3 nitrogen and oxygen atoms in total. The lowest BCUT2D eigenvalue weighted by Gasteiger charge is -2.28. The molecule has 0 aliphatic carbocycles. The van der Waals surface area contributed by atoms with Crippen molar-refractivity contribution < 1.29 is 4.79 Å². The molecule has 0 amide bonds. The van der Waals surface area contributed by atoms with Gasteiger partial charge in [0, 0.05) is 6.20 Å². The Morgan fingerprint density at radius 1 is 1.29 bits per heavy atom. The summed E-state index contributed by atoms with van der Waals surface area (Å²) in [5, 5.41) is 0. The van der Waals surface area contributed by atoms with Crippen molar-refractivity contribution in [3.63, 3.8) is 0 Å². The molecule has 0 bridgehead atoms. The minimum absolute atomic E-state index is 0.0982. The Kier molecular flexibility index (Phi) is 2.84. The van der Waals surface area contributed by atoms with E-state index < -0.39 is 5.54 Å². The molecule has 1 aromatic heterocycles. The Labute approximate surface area is 101 Å². The van der Waals surface area contributed by atoms with Gasteiger partial charge < -0.3 is 4.57 Å². The molecule has 0 radical (unpaired) electrons. The number of nitrogens with zero attached hydrogens (tertiary/aromatic N) is 2. The molecular weight excluding hydrogens is 212 g/mol. The second-order valence-electron chi connectivity index (χ2n) is 4.42. The van der Waals surface area contributed by atoms with Crippen LogP contribution in [-0.4, -0.2) is 15.3 Å². The van der Waals surface area contributed by atoms with E-state index in [1.54, 1.807) is 13.3 Å². The predicted molar refractivity (Wildman–Crippen MR) is 66.8 cm³/mol. The zero-order chi connectivity index (χ0) is 12.5. The van der Waals surface area contributed by atoms with Gasteiger partial charge in [-0.15, -0.1) is 0 Å². The van der Waals surface area contributed by atoms with Crippen LogP contribution in [-0.2, 0) is 10.3 Å². The monoisotopic (exact) mass is 228 g/mol. The standard InChI is InChI=1S/C14H16N2O/c1-11-9-16(10-15-11)14(3,12(2)17)13-7-5-4-6-8-13/h4-10H,1-3H3. The van der Waals surface area contributed by atoms with E-state index in [9.17, 15) is 4.79 Å². The smallest absolute Gasteiger partial charge is 0.159 e. The Balaban J connectivity index is 2.58. The van der Waals surface area contributed by atoms with Gasteiger partial charge in [-0.2, -0.15) is 0 Å². The summed E-state index contributed by atoms with van der Waals surface area (Å²) in [5.41, 5.74) is 1.21. The number of aryl methyl sites for hydroxylation is 1. The summed E-state index contributed by atoms with van der Waals surface area (Å²) in [5.74, 6) is 0.0982. The van der Waals surface area contributed by atoms with Crippen LogP contribution >= 0.6 is 0 Å². The van der Waals surface area contributed by atoms with Gasteiger partial charge in [0.15, 0.2) is 5.78 Å². The van der Waals surface area contributed by atoms with Crippen LogP contribution in [0.4, 0.5) is 0 Å². The zero-order valence-electron chi connectivity index (χ0n) is 10.3. The van der Waals surface area contributed by atoms with Crippen molar-refractivity contribution in [1.29, 1.82) is 0 Å². The molecule has 2 aromatic rings. The molecule has 0 N–H and O–H groups in total. The maximum absolute atomic E-state index is 12.0. The van der Waals surface area contributed by atoms with Gasteiger partial charge in [-0.25, -0.2) is 4.98 Å². The molecule has 1 unspecified atom stereocenters. The third-order valence-electron chi connectivity index (χ3n) is 3.25. The van der Waals surface area contributed by atoms with Crippen LogP contribution in [0, 0.1) is 6.92 Å². The first-order chi connectivity index (χ1) is 8.05. The van der Waals surface area contributed by atoms with E-state index in [1.807, 2.05) is 54.9 Å². The highest BCUT2D eigenvalue weighted by molar-refractivity contribution is 5.87. The van der Waals surface area contributed by atoms with E-state index in [1.165, 1.54) is 0 Å². The first-order valence-electron chi connectivity index (χ1n) is 5.63. The molecule has 0 saturated heterocycles.